The Morgan fingerprint density at radius 2 is 2.05 bits per heavy atom. The Kier molecular flexibility index (Phi) is 5.12. The number of amides is 1. The third-order valence-corrected chi connectivity index (χ3v) is 4.56. The molecule has 2 rings (SSSR count). The lowest BCUT2D eigenvalue weighted by atomic mass is 10.0. The molecular weight excluding hydrogens is 272 g/mol. The highest BCUT2D eigenvalue weighted by molar-refractivity contribution is 7.09. The first-order valence-electron chi connectivity index (χ1n) is 7.15. The highest BCUT2D eigenvalue weighted by Gasteiger charge is 2.26. The Labute approximate surface area is 124 Å². The van der Waals surface area contributed by atoms with Gasteiger partial charge in [-0.2, -0.15) is 0 Å². The summed E-state index contributed by atoms with van der Waals surface area (Å²) < 4.78 is 0. The van der Waals surface area contributed by atoms with E-state index in [-0.39, 0.29) is 17.9 Å². The second kappa shape index (κ2) is 6.65. The summed E-state index contributed by atoms with van der Waals surface area (Å²) in [6.07, 6.45) is 0. The first-order chi connectivity index (χ1) is 9.47. The molecule has 1 aliphatic rings. The molecule has 0 spiro atoms. The third kappa shape index (κ3) is 3.77. The number of aryl methyl sites for hydroxylation is 1. The summed E-state index contributed by atoms with van der Waals surface area (Å²) in [5.41, 5.74) is 7.07. The summed E-state index contributed by atoms with van der Waals surface area (Å²) in [5.74, 6) is 0.280. The van der Waals surface area contributed by atoms with Gasteiger partial charge in [0.2, 0.25) is 5.91 Å². The Balaban J connectivity index is 1.82. The zero-order valence-corrected chi connectivity index (χ0v) is 13.3. The summed E-state index contributed by atoms with van der Waals surface area (Å²) in [6.45, 7) is 10.2. The Bertz CT molecular complexity index is 452. The molecule has 5 nitrogen and oxygen atoms in total. The summed E-state index contributed by atoms with van der Waals surface area (Å²) in [5, 5.41) is 3.22. The van der Waals surface area contributed by atoms with Crippen molar-refractivity contribution in [1.29, 1.82) is 0 Å². The van der Waals surface area contributed by atoms with Crippen LogP contribution in [0.4, 0.5) is 0 Å². The average Bonchev–Trinajstić information content (AvgIpc) is 2.83. The summed E-state index contributed by atoms with van der Waals surface area (Å²) in [7, 11) is 0. The van der Waals surface area contributed by atoms with Gasteiger partial charge in [0.05, 0.1) is 16.7 Å². The van der Waals surface area contributed by atoms with Crippen LogP contribution in [0.25, 0.3) is 0 Å². The number of rotatable bonds is 4. The lowest BCUT2D eigenvalue weighted by molar-refractivity contribution is -0.135. The first-order valence-corrected chi connectivity index (χ1v) is 8.03. The monoisotopic (exact) mass is 296 g/mol. The zero-order chi connectivity index (χ0) is 14.7. The largest absolute Gasteiger partial charge is 0.339 e. The Morgan fingerprint density at radius 1 is 1.40 bits per heavy atom. The number of nitrogens with two attached hydrogens (primary N) is 1. The van der Waals surface area contributed by atoms with E-state index >= 15 is 0 Å². The van der Waals surface area contributed by atoms with Gasteiger partial charge in [-0.15, -0.1) is 11.3 Å². The van der Waals surface area contributed by atoms with E-state index in [4.69, 9.17) is 5.73 Å². The molecule has 1 atom stereocenters. The van der Waals surface area contributed by atoms with Gasteiger partial charge in [-0.1, -0.05) is 13.8 Å². The molecule has 0 radical (unpaired) electrons. The smallest absolute Gasteiger partial charge is 0.239 e. The van der Waals surface area contributed by atoms with Crippen LogP contribution in [0.3, 0.4) is 0 Å². The average molecular weight is 296 g/mol. The van der Waals surface area contributed by atoms with Crippen molar-refractivity contribution in [2.24, 2.45) is 11.7 Å². The molecule has 6 heteroatoms. The van der Waals surface area contributed by atoms with Crippen LogP contribution in [0.5, 0.6) is 0 Å². The van der Waals surface area contributed by atoms with Crippen LogP contribution < -0.4 is 5.73 Å². The van der Waals surface area contributed by atoms with Gasteiger partial charge in [0, 0.05) is 38.1 Å². The summed E-state index contributed by atoms with van der Waals surface area (Å²) in [6, 6.07) is -0.372. The Morgan fingerprint density at radius 3 is 2.55 bits per heavy atom. The maximum Gasteiger partial charge on any atom is 0.239 e. The topological polar surface area (TPSA) is 62.5 Å². The predicted molar refractivity (Wildman–Crippen MR) is 81.5 cm³/mol. The van der Waals surface area contributed by atoms with Crippen molar-refractivity contribution in [3.05, 3.63) is 16.1 Å². The summed E-state index contributed by atoms with van der Waals surface area (Å²) in [4.78, 5) is 20.9. The molecule has 0 aromatic carbocycles. The van der Waals surface area contributed by atoms with Crippen LogP contribution in [0.2, 0.25) is 0 Å². The molecule has 20 heavy (non-hydrogen) atoms. The van der Waals surface area contributed by atoms with Gasteiger partial charge in [0.15, 0.2) is 0 Å². The SMILES string of the molecule is Cc1nc(CN2CCN(C(=O)C(N)C(C)C)CC2)cs1. The van der Waals surface area contributed by atoms with Gasteiger partial charge in [0.25, 0.3) is 0 Å². The van der Waals surface area contributed by atoms with E-state index in [2.05, 4.69) is 15.3 Å². The van der Waals surface area contributed by atoms with E-state index in [0.29, 0.717) is 0 Å². The molecule has 112 valence electrons. The predicted octanol–water partition coefficient (Wildman–Crippen LogP) is 1.08. The number of nitrogens with zero attached hydrogens (tertiary/aromatic N) is 3. The molecule has 0 aliphatic carbocycles. The van der Waals surface area contributed by atoms with Gasteiger partial charge in [-0.25, -0.2) is 4.98 Å². The van der Waals surface area contributed by atoms with E-state index in [1.54, 1.807) is 11.3 Å². The molecule has 1 saturated heterocycles. The molecule has 0 saturated carbocycles. The second-order valence-electron chi connectivity index (χ2n) is 5.73. The quantitative estimate of drug-likeness (QED) is 0.903. The highest BCUT2D eigenvalue weighted by Crippen LogP contribution is 2.13. The fraction of sp³-hybridized carbons (Fsp3) is 0.714. The van der Waals surface area contributed by atoms with E-state index in [9.17, 15) is 4.79 Å². The minimum Gasteiger partial charge on any atom is -0.339 e. The van der Waals surface area contributed by atoms with Crippen molar-refractivity contribution in [2.45, 2.75) is 33.4 Å². The van der Waals surface area contributed by atoms with Gasteiger partial charge in [-0.05, 0) is 12.8 Å². The third-order valence-electron chi connectivity index (χ3n) is 3.74. The maximum absolute atomic E-state index is 12.2. The molecule has 2 N–H and O–H groups in total. The minimum atomic E-state index is -0.372. The van der Waals surface area contributed by atoms with E-state index in [0.717, 1.165) is 43.4 Å². The number of thiazole rings is 1. The lowest BCUT2D eigenvalue weighted by Gasteiger charge is -2.36. The lowest BCUT2D eigenvalue weighted by Crippen LogP contribution is -2.54. The van der Waals surface area contributed by atoms with Crippen molar-refractivity contribution in [2.75, 3.05) is 26.2 Å². The van der Waals surface area contributed by atoms with Crippen molar-refractivity contribution in [1.82, 2.24) is 14.8 Å². The molecule has 1 fully saturated rings. The Hall–Kier alpha value is -0.980. The van der Waals surface area contributed by atoms with Gasteiger partial charge in [-0.3, -0.25) is 9.69 Å². The normalized spacial score (nSPS) is 18.6. The number of hydrogen-bond donors (Lipinski definition) is 1. The van der Waals surface area contributed by atoms with Crippen LogP contribution in [0, 0.1) is 12.8 Å². The van der Waals surface area contributed by atoms with Gasteiger partial charge in [0.1, 0.15) is 0 Å². The zero-order valence-electron chi connectivity index (χ0n) is 12.5. The maximum atomic E-state index is 12.2. The van der Waals surface area contributed by atoms with Crippen molar-refractivity contribution >= 4 is 17.2 Å². The van der Waals surface area contributed by atoms with Crippen LogP contribution >= 0.6 is 11.3 Å². The van der Waals surface area contributed by atoms with Crippen LogP contribution in [-0.2, 0) is 11.3 Å². The van der Waals surface area contributed by atoms with Crippen LogP contribution in [-0.4, -0.2) is 52.9 Å². The van der Waals surface area contributed by atoms with Crippen LogP contribution in [0.15, 0.2) is 5.38 Å². The molecule has 2 heterocycles. The van der Waals surface area contributed by atoms with Crippen molar-refractivity contribution in [3.8, 4) is 0 Å². The number of hydrogen-bond acceptors (Lipinski definition) is 5. The van der Waals surface area contributed by atoms with Gasteiger partial charge >= 0.3 is 0 Å². The fourth-order valence-electron chi connectivity index (χ4n) is 2.33. The second-order valence-corrected chi connectivity index (χ2v) is 6.79. The number of carbonyl (C=O) groups excluding carboxylic acids is 1. The molecule has 1 unspecified atom stereocenters. The van der Waals surface area contributed by atoms with E-state index in [1.807, 2.05) is 25.7 Å². The standard InChI is InChI=1S/C14H24N4OS/c1-10(2)13(15)14(19)18-6-4-17(5-7-18)8-12-9-20-11(3)16-12/h9-10,13H,4-8,15H2,1-3H3. The number of carbonyl (C=O) groups is 1. The first kappa shape index (κ1) is 15.4. The summed E-state index contributed by atoms with van der Waals surface area (Å²) >= 11 is 1.69. The van der Waals surface area contributed by atoms with Crippen LogP contribution in [0.1, 0.15) is 24.5 Å². The van der Waals surface area contributed by atoms with Gasteiger partial charge < -0.3 is 10.6 Å². The highest BCUT2D eigenvalue weighted by atomic mass is 32.1. The molecule has 0 bridgehead atoms. The molecule has 1 aliphatic heterocycles. The molecule has 1 amide bonds. The fourth-order valence-corrected chi connectivity index (χ4v) is 2.94. The minimum absolute atomic E-state index is 0.0872. The number of aromatic nitrogens is 1. The van der Waals surface area contributed by atoms with Crippen molar-refractivity contribution in [3.63, 3.8) is 0 Å². The number of piperazine rings is 1. The molecule has 1 aromatic heterocycles. The molecule has 1 aromatic rings. The van der Waals surface area contributed by atoms with E-state index in [1.165, 1.54) is 0 Å². The van der Waals surface area contributed by atoms with Crippen molar-refractivity contribution < 1.29 is 4.79 Å². The molecular formula is C14H24N4OS. The van der Waals surface area contributed by atoms with E-state index < -0.39 is 0 Å².